The molecule has 20 heavy (non-hydrogen) atoms. The summed E-state index contributed by atoms with van der Waals surface area (Å²) in [5.41, 5.74) is 0.782. The summed E-state index contributed by atoms with van der Waals surface area (Å²) in [6, 6.07) is 7.57. The van der Waals surface area contributed by atoms with E-state index in [9.17, 15) is 9.59 Å². The number of piperidine rings is 1. The molecule has 0 aromatic heterocycles. The number of carbonyl (C=O) groups excluding carboxylic acids is 2. The van der Waals surface area contributed by atoms with Gasteiger partial charge in [-0.2, -0.15) is 0 Å². The number of thioether (sulfide) groups is 1. The highest BCUT2D eigenvalue weighted by Gasteiger charge is 2.16. The Hall–Kier alpha value is -1.49. The van der Waals surface area contributed by atoms with Crippen LogP contribution in [0.5, 0.6) is 0 Å². The number of hydrogen-bond donors (Lipinski definition) is 1. The van der Waals surface area contributed by atoms with E-state index in [0.717, 1.165) is 36.5 Å². The zero-order valence-corrected chi connectivity index (χ0v) is 12.5. The third kappa shape index (κ3) is 4.56. The monoisotopic (exact) mass is 292 g/mol. The van der Waals surface area contributed by atoms with Crippen molar-refractivity contribution >= 4 is 29.3 Å². The Morgan fingerprint density at radius 3 is 2.40 bits per heavy atom. The molecule has 2 amide bonds. The van der Waals surface area contributed by atoms with Crippen LogP contribution < -0.4 is 5.32 Å². The lowest BCUT2D eigenvalue weighted by Gasteiger charge is -2.26. The number of nitrogens with zero attached hydrogens (tertiary/aromatic N) is 1. The number of rotatable bonds is 4. The van der Waals surface area contributed by atoms with Crippen LogP contribution in [0.3, 0.4) is 0 Å². The maximum Gasteiger partial charge on any atom is 0.232 e. The molecule has 1 aromatic carbocycles. The number of nitrogens with one attached hydrogen (secondary N) is 1. The standard InChI is InChI=1S/C15H20N2O2S/c1-12(18)16-13-5-7-14(8-6-13)20-11-15(19)17-9-3-2-4-10-17/h5-8H,2-4,9-11H2,1H3,(H,16,18). The van der Waals surface area contributed by atoms with E-state index in [1.807, 2.05) is 29.2 Å². The van der Waals surface area contributed by atoms with Crippen molar-refractivity contribution < 1.29 is 9.59 Å². The van der Waals surface area contributed by atoms with Crippen LogP contribution in [0.15, 0.2) is 29.2 Å². The number of hydrogen-bond acceptors (Lipinski definition) is 3. The molecule has 0 aliphatic carbocycles. The highest BCUT2D eigenvalue weighted by atomic mass is 32.2. The third-order valence-electron chi connectivity index (χ3n) is 3.25. The summed E-state index contributed by atoms with van der Waals surface area (Å²) in [7, 11) is 0. The average molecular weight is 292 g/mol. The van der Waals surface area contributed by atoms with Crippen LogP contribution in [0.4, 0.5) is 5.69 Å². The second-order valence-corrected chi connectivity index (χ2v) is 5.98. The van der Waals surface area contributed by atoms with Gasteiger partial charge in [0.15, 0.2) is 0 Å². The van der Waals surface area contributed by atoms with Crippen LogP contribution in [0.1, 0.15) is 26.2 Å². The predicted octanol–water partition coefficient (Wildman–Crippen LogP) is 2.75. The Morgan fingerprint density at radius 1 is 1.15 bits per heavy atom. The van der Waals surface area contributed by atoms with Crippen LogP contribution in [-0.4, -0.2) is 35.6 Å². The van der Waals surface area contributed by atoms with Crippen molar-refractivity contribution in [2.75, 3.05) is 24.2 Å². The van der Waals surface area contributed by atoms with Gasteiger partial charge in [-0.3, -0.25) is 9.59 Å². The fourth-order valence-electron chi connectivity index (χ4n) is 2.22. The Balaban J connectivity index is 1.81. The van der Waals surface area contributed by atoms with Gasteiger partial charge in [-0.05, 0) is 43.5 Å². The summed E-state index contributed by atoms with van der Waals surface area (Å²) in [5.74, 6) is 0.630. The first-order valence-corrected chi connectivity index (χ1v) is 7.92. The first-order valence-electron chi connectivity index (χ1n) is 6.93. The fraction of sp³-hybridized carbons (Fsp3) is 0.467. The smallest absolute Gasteiger partial charge is 0.232 e. The van der Waals surface area contributed by atoms with Gasteiger partial charge in [0.1, 0.15) is 0 Å². The summed E-state index contributed by atoms with van der Waals surface area (Å²) in [4.78, 5) is 26.0. The van der Waals surface area contributed by atoms with Crippen molar-refractivity contribution in [2.45, 2.75) is 31.1 Å². The zero-order chi connectivity index (χ0) is 14.4. The summed E-state index contributed by atoms with van der Waals surface area (Å²) >= 11 is 1.55. The molecule has 1 aromatic rings. The second kappa shape index (κ2) is 7.33. The normalized spacial score (nSPS) is 14.9. The SMILES string of the molecule is CC(=O)Nc1ccc(SCC(=O)N2CCCCC2)cc1. The number of benzene rings is 1. The van der Waals surface area contributed by atoms with Gasteiger partial charge in [0.25, 0.3) is 0 Å². The molecular weight excluding hydrogens is 272 g/mol. The predicted molar refractivity (Wildman–Crippen MR) is 81.9 cm³/mol. The molecule has 2 rings (SSSR count). The molecule has 0 atom stereocenters. The van der Waals surface area contributed by atoms with E-state index in [1.165, 1.54) is 13.3 Å². The largest absolute Gasteiger partial charge is 0.342 e. The van der Waals surface area contributed by atoms with Gasteiger partial charge in [-0.1, -0.05) is 0 Å². The van der Waals surface area contributed by atoms with E-state index < -0.39 is 0 Å². The van der Waals surface area contributed by atoms with Crippen molar-refractivity contribution in [3.63, 3.8) is 0 Å². The van der Waals surface area contributed by atoms with Crippen LogP contribution in [0.2, 0.25) is 0 Å². The minimum absolute atomic E-state index is 0.0781. The van der Waals surface area contributed by atoms with Gasteiger partial charge in [0.2, 0.25) is 11.8 Å². The lowest BCUT2D eigenvalue weighted by Crippen LogP contribution is -2.36. The molecule has 1 heterocycles. The molecule has 0 spiro atoms. The Morgan fingerprint density at radius 2 is 1.80 bits per heavy atom. The molecule has 0 bridgehead atoms. The summed E-state index contributed by atoms with van der Waals surface area (Å²) in [6.45, 7) is 3.29. The molecule has 1 aliphatic heterocycles. The zero-order valence-electron chi connectivity index (χ0n) is 11.7. The van der Waals surface area contributed by atoms with E-state index >= 15 is 0 Å². The molecule has 0 unspecified atom stereocenters. The van der Waals surface area contributed by atoms with E-state index in [-0.39, 0.29) is 11.8 Å². The van der Waals surface area contributed by atoms with Gasteiger partial charge in [0, 0.05) is 30.6 Å². The molecule has 108 valence electrons. The Labute approximate surface area is 123 Å². The van der Waals surface area contributed by atoms with Gasteiger partial charge >= 0.3 is 0 Å². The van der Waals surface area contributed by atoms with Crippen molar-refractivity contribution in [3.05, 3.63) is 24.3 Å². The number of likely N-dealkylation sites (tertiary alicyclic amines) is 1. The molecule has 1 aliphatic rings. The van der Waals surface area contributed by atoms with E-state index in [1.54, 1.807) is 11.8 Å². The van der Waals surface area contributed by atoms with Crippen LogP contribution in [0, 0.1) is 0 Å². The van der Waals surface area contributed by atoms with Gasteiger partial charge in [-0.25, -0.2) is 0 Å². The first-order chi connectivity index (χ1) is 9.65. The van der Waals surface area contributed by atoms with Crippen molar-refractivity contribution in [3.8, 4) is 0 Å². The molecule has 5 heteroatoms. The quantitative estimate of drug-likeness (QED) is 0.868. The topological polar surface area (TPSA) is 49.4 Å². The van der Waals surface area contributed by atoms with Crippen LogP contribution in [0.25, 0.3) is 0 Å². The van der Waals surface area contributed by atoms with E-state index in [2.05, 4.69) is 5.32 Å². The highest BCUT2D eigenvalue weighted by molar-refractivity contribution is 8.00. The van der Waals surface area contributed by atoms with Crippen molar-refractivity contribution in [2.24, 2.45) is 0 Å². The maximum absolute atomic E-state index is 12.0. The minimum atomic E-state index is -0.0781. The molecular formula is C15H20N2O2S. The average Bonchev–Trinajstić information content (AvgIpc) is 2.46. The lowest BCUT2D eigenvalue weighted by molar-refractivity contribution is -0.129. The van der Waals surface area contributed by atoms with Crippen molar-refractivity contribution in [1.82, 2.24) is 4.90 Å². The molecule has 1 N–H and O–H groups in total. The third-order valence-corrected chi connectivity index (χ3v) is 4.24. The number of anilines is 1. The lowest BCUT2D eigenvalue weighted by atomic mass is 10.1. The Kier molecular flexibility index (Phi) is 5.47. The highest BCUT2D eigenvalue weighted by Crippen LogP contribution is 2.21. The van der Waals surface area contributed by atoms with Gasteiger partial charge in [0.05, 0.1) is 5.75 Å². The number of amides is 2. The Bertz CT molecular complexity index is 467. The molecule has 0 saturated carbocycles. The van der Waals surface area contributed by atoms with Crippen LogP contribution in [-0.2, 0) is 9.59 Å². The van der Waals surface area contributed by atoms with Gasteiger partial charge in [-0.15, -0.1) is 11.8 Å². The van der Waals surface area contributed by atoms with Gasteiger partial charge < -0.3 is 10.2 Å². The second-order valence-electron chi connectivity index (χ2n) is 4.94. The minimum Gasteiger partial charge on any atom is -0.342 e. The molecule has 1 fully saturated rings. The molecule has 0 radical (unpaired) electrons. The van der Waals surface area contributed by atoms with Crippen molar-refractivity contribution in [1.29, 1.82) is 0 Å². The van der Waals surface area contributed by atoms with E-state index in [4.69, 9.17) is 0 Å². The molecule has 1 saturated heterocycles. The fourth-order valence-corrected chi connectivity index (χ4v) is 3.02. The number of carbonyl (C=O) groups is 2. The van der Waals surface area contributed by atoms with E-state index in [0.29, 0.717) is 5.75 Å². The summed E-state index contributed by atoms with van der Waals surface area (Å²) < 4.78 is 0. The van der Waals surface area contributed by atoms with Crippen LogP contribution >= 0.6 is 11.8 Å². The summed E-state index contributed by atoms with van der Waals surface area (Å²) in [6.07, 6.45) is 3.49. The first kappa shape index (κ1) is 14.9. The maximum atomic E-state index is 12.0. The molecule has 4 nitrogen and oxygen atoms in total. The summed E-state index contributed by atoms with van der Waals surface area (Å²) in [5, 5.41) is 2.73.